The Bertz CT molecular complexity index is 720. The van der Waals surface area contributed by atoms with Crippen molar-refractivity contribution in [1.82, 2.24) is 20.1 Å². The second kappa shape index (κ2) is 7.78. The van der Waals surface area contributed by atoms with Crippen molar-refractivity contribution in [3.8, 4) is 0 Å². The number of aromatic nitrogens is 3. The van der Waals surface area contributed by atoms with Gasteiger partial charge in [-0.25, -0.2) is 9.67 Å². The first-order valence-electron chi connectivity index (χ1n) is 9.03. The molecule has 1 heterocycles. The molecule has 134 valence electrons. The molecule has 1 aliphatic rings. The van der Waals surface area contributed by atoms with Crippen LogP contribution in [-0.2, 0) is 13.0 Å². The van der Waals surface area contributed by atoms with Gasteiger partial charge < -0.3 is 10.4 Å². The van der Waals surface area contributed by atoms with Crippen LogP contribution < -0.4 is 5.32 Å². The molecule has 6 heteroatoms. The third-order valence-corrected chi connectivity index (χ3v) is 4.51. The number of amides is 1. The minimum atomic E-state index is -0.422. The van der Waals surface area contributed by atoms with Crippen LogP contribution in [0.5, 0.6) is 0 Å². The predicted molar refractivity (Wildman–Crippen MR) is 95.5 cm³/mol. The molecule has 2 aromatic rings. The molecule has 0 spiro atoms. The molecule has 25 heavy (non-hydrogen) atoms. The van der Waals surface area contributed by atoms with Gasteiger partial charge in [0.25, 0.3) is 5.91 Å². The summed E-state index contributed by atoms with van der Waals surface area (Å²) in [5.41, 5.74) is 1.79. The standard InChI is InChI=1S/C19H26N4O2/c1-3-16(24)12-23-17(21-18(22-23)14-8-9-14)10-11-20-19(25)15-6-4-13(2)5-7-15/h4-7,14,16,24H,3,8-12H2,1-2H3,(H,20,25)/t16-/m1/s1. The van der Waals surface area contributed by atoms with Gasteiger partial charge in [-0.15, -0.1) is 0 Å². The molecule has 0 unspecified atom stereocenters. The van der Waals surface area contributed by atoms with Gasteiger partial charge in [0.05, 0.1) is 12.6 Å². The van der Waals surface area contributed by atoms with Crippen molar-refractivity contribution in [2.24, 2.45) is 0 Å². The maximum atomic E-state index is 12.2. The summed E-state index contributed by atoms with van der Waals surface area (Å²) in [4.78, 5) is 16.8. The van der Waals surface area contributed by atoms with Crippen LogP contribution in [0.3, 0.4) is 0 Å². The van der Waals surface area contributed by atoms with Gasteiger partial charge in [0.15, 0.2) is 5.82 Å². The molecule has 1 aromatic heterocycles. The molecule has 1 amide bonds. The summed E-state index contributed by atoms with van der Waals surface area (Å²) in [5.74, 6) is 2.10. The number of nitrogens with one attached hydrogen (secondary N) is 1. The lowest BCUT2D eigenvalue weighted by Gasteiger charge is -2.10. The highest BCUT2D eigenvalue weighted by molar-refractivity contribution is 5.94. The maximum Gasteiger partial charge on any atom is 0.251 e. The third kappa shape index (κ3) is 4.66. The summed E-state index contributed by atoms with van der Waals surface area (Å²) in [6.07, 6.45) is 3.15. The Labute approximate surface area is 148 Å². The highest BCUT2D eigenvalue weighted by atomic mass is 16.3. The molecule has 0 saturated heterocycles. The number of carbonyl (C=O) groups excluding carboxylic acids is 1. The van der Waals surface area contributed by atoms with Gasteiger partial charge in [0.1, 0.15) is 5.82 Å². The SMILES string of the molecule is CC[C@@H](O)Cn1nc(C2CC2)nc1CCNC(=O)c1ccc(C)cc1. The number of carbonyl (C=O) groups is 1. The predicted octanol–water partition coefficient (Wildman–Crippen LogP) is 2.21. The zero-order valence-corrected chi connectivity index (χ0v) is 14.9. The summed E-state index contributed by atoms with van der Waals surface area (Å²) >= 11 is 0. The average molecular weight is 342 g/mol. The van der Waals surface area contributed by atoms with Crippen LogP contribution in [0.1, 0.15) is 59.7 Å². The van der Waals surface area contributed by atoms with E-state index >= 15 is 0 Å². The van der Waals surface area contributed by atoms with E-state index in [1.165, 1.54) is 0 Å². The molecule has 1 saturated carbocycles. The van der Waals surface area contributed by atoms with E-state index in [0.717, 1.165) is 30.1 Å². The number of hydrogen-bond acceptors (Lipinski definition) is 4. The monoisotopic (exact) mass is 342 g/mol. The summed E-state index contributed by atoms with van der Waals surface area (Å²) < 4.78 is 1.81. The van der Waals surface area contributed by atoms with Gasteiger partial charge in [0.2, 0.25) is 0 Å². The summed E-state index contributed by atoms with van der Waals surface area (Å²) in [5, 5.41) is 17.4. The van der Waals surface area contributed by atoms with Crippen LogP contribution in [0.2, 0.25) is 0 Å². The normalized spacial score (nSPS) is 15.2. The second-order valence-electron chi connectivity index (χ2n) is 6.78. The smallest absolute Gasteiger partial charge is 0.251 e. The highest BCUT2D eigenvalue weighted by Crippen LogP contribution is 2.38. The fraction of sp³-hybridized carbons (Fsp3) is 0.526. The van der Waals surface area contributed by atoms with Crippen molar-refractivity contribution in [3.05, 3.63) is 47.0 Å². The topological polar surface area (TPSA) is 80.0 Å². The molecule has 0 bridgehead atoms. The number of aryl methyl sites for hydroxylation is 1. The van der Waals surface area contributed by atoms with Gasteiger partial charge in [-0.2, -0.15) is 5.10 Å². The number of benzene rings is 1. The van der Waals surface area contributed by atoms with Crippen molar-refractivity contribution in [2.75, 3.05) is 6.54 Å². The fourth-order valence-electron chi connectivity index (χ4n) is 2.66. The first-order chi connectivity index (χ1) is 12.1. The molecule has 0 radical (unpaired) electrons. The molecule has 1 aromatic carbocycles. The van der Waals surface area contributed by atoms with Crippen LogP contribution >= 0.6 is 0 Å². The van der Waals surface area contributed by atoms with Crippen LogP contribution in [0.4, 0.5) is 0 Å². The zero-order chi connectivity index (χ0) is 17.8. The van der Waals surface area contributed by atoms with Crippen LogP contribution in [0, 0.1) is 6.92 Å². The third-order valence-electron chi connectivity index (χ3n) is 4.51. The Balaban J connectivity index is 1.59. The Morgan fingerprint density at radius 1 is 1.36 bits per heavy atom. The summed E-state index contributed by atoms with van der Waals surface area (Å²) in [6.45, 7) is 4.90. The molecule has 1 aliphatic carbocycles. The van der Waals surface area contributed by atoms with E-state index < -0.39 is 6.10 Å². The summed E-state index contributed by atoms with van der Waals surface area (Å²) in [6, 6.07) is 7.52. The van der Waals surface area contributed by atoms with Gasteiger partial charge in [0, 0.05) is 24.4 Å². The Morgan fingerprint density at radius 3 is 2.72 bits per heavy atom. The van der Waals surface area contributed by atoms with E-state index in [-0.39, 0.29) is 5.91 Å². The Hall–Kier alpha value is -2.21. The molecule has 2 N–H and O–H groups in total. The fourth-order valence-corrected chi connectivity index (χ4v) is 2.66. The molecule has 1 fully saturated rings. The lowest BCUT2D eigenvalue weighted by atomic mass is 10.1. The van der Waals surface area contributed by atoms with Crippen LogP contribution in [0.25, 0.3) is 0 Å². The van der Waals surface area contributed by atoms with E-state index in [1.807, 2.05) is 38.1 Å². The number of aliphatic hydroxyl groups excluding tert-OH is 1. The average Bonchev–Trinajstić information content (AvgIpc) is 3.38. The zero-order valence-electron chi connectivity index (χ0n) is 14.9. The van der Waals surface area contributed by atoms with Crippen molar-refractivity contribution in [3.63, 3.8) is 0 Å². The molecular formula is C19H26N4O2. The van der Waals surface area contributed by atoms with Crippen molar-refractivity contribution in [1.29, 1.82) is 0 Å². The molecule has 1 atom stereocenters. The number of hydrogen-bond donors (Lipinski definition) is 2. The Kier molecular flexibility index (Phi) is 5.48. The van der Waals surface area contributed by atoms with E-state index in [2.05, 4.69) is 15.4 Å². The first-order valence-corrected chi connectivity index (χ1v) is 9.03. The molecule has 6 nitrogen and oxygen atoms in total. The van der Waals surface area contributed by atoms with Crippen molar-refractivity contribution >= 4 is 5.91 Å². The maximum absolute atomic E-state index is 12.2. The highest BCUT2D eigenvalue weighted by Gasteiger charge is 2.29. The van der Waals surface area contributed by atoms with Gasteiger partial charge >= 0.3 is 0 Å². The minimum absolute atomic E-state index is 0.0814. The number of rotatable bonds is 8. The summed E-state index contributed by atoms with van der Waals surface area (Å²) in [7, 11) is 0. The molecule has 0 aliphatic heterocycles. The van der Waals surface area contributed by atoms with E-state index in [0.29, 0.717) is 37.4 Å². The Morgan fingerprint density at radius 2 is 2.08 bits per heavy atom. The van der Waals surface area contributed by atoms with Crippen LogP contribution in [0.15, 0.2) is 24.3 Å². The second-order valence-corrected chi connectivity index (χ2v) is 6.78. The molecular weight excluding hydrogens is 316 g/mol. The first kappa shape index (κ1) is 17.6. The van der Waals surface area contributed by atoms with E-state index in [4.69, 9.17) is 0 Å². The van der Waals surface area contributed by atoms with Gasteiger partial charge in [-0.1, -0.05) is 24.6 Å². The van der Waals surface area contributed by atoms with Crippen molar-refractivity contribution in [2.45, 2.75) is 58.1 Å². The van der Waals surface area contributed by atoms with Crippen molar-refractivity contribution < 1.29 is 9.90 Å². The quantitative estimate of drug-likeness (QED) is 0.771. The van der Waals surface area contributed by atoms with Gasteiger partial charge in [-0.05, 0) is 38.3 Å². The number of aliphatic hydroxyl groups is 1. The lowest BCUT2D eigenvalue weighted by molar-refractivity contribution is 0.0953. The lowest BCUT2D eigenvalue weighted by Crippen LogP contribution is -2.27. The number of nitrogens with zero attached hydrogens (tertiary/aromatic N) is 3. The molecule has 3 rings (SSSR count). The van der Waals surface area contributed by atoms with E-state index in [1.54, 1.807) is 4.68 Å². The minimum Gasteiger partial charge on any atom is -0.391 e. The van der Waals surface area contributed by atoms with E-state index in [9.17, 15) is 9.90 Å². The van der Waals surface area contributed by atoms with Gasteiger partial charge in [-0.3, -0.25) is 4.79 Å². The van der Waals surface area contributed by atoms with Crippen LogP contribution in [-0.4, -0.2) is 38.4 Å². The largest absolute Gasteiger partial charge is 0.391 e.